The highest BCUT2D eigenvalue weighted by atomic mass is 16.2. The molecule has 1 heterocycles. The fourth-order valence-corrected chi connectivity index (χ4v) is 4.01. The van der Waals surface area contributed by atoms with Crippen molar-refractivity contribution in [1.29, 1.82) is 0 Å². The standard InChI is InChI=1S/C17H32N2O/c1-13(2)10-15-6-4-7-16(11-15)18-14(3)12-19-9-5-8-17(19)20/h13-16,18H,4-12H2,1-3H3. The summed E-state index contributed by atoms with van der Waals surface area (Å²) in [6, 6.07) is 1.10. The van der Waals surface area contributed by atoms with Crippen LogP contribution in [0.15, 0.2) is 0 Å². The molecule has 0 spiro atoms. The first-order valence-corrected chi connectivity index (χ1v) is 8.58. The Morgan fingerprint density at radius 1 is 1.25 bits per heavy atom. The van der Waals surface area contributed by atoms with E-state index in [4.69, 9.17) is 0 Å². The highest BCUT2D eigenvalue weighted by molar-refractivity contribution is 5.78. The molecule has 3 heteroatoms. The van der Waals surface area contributed by atoms with E-state index in [2.05, 4.69) is 26.1 Å². The quantitative estimate of drug-likeness (QED) is 0.810. The predicted molar refractivity (Wildman–Crippen MR) is 83.6 cm³/mol. The Morgan fingerprint density at radius 3 is 2.70 bits per heavy atom. The van der Waals surface area contributed by atoms with E-state index >= 15 is 0 Å². The van der Waals surface area contributed by atoms with Crippen molar-refractivity contribution in [1.82, 2.24) is 10.2 Å². The molecule has 0 bridgehead atoms. The second kappa shape index (κ2) is 7.44. The van der Waals surface area contributed by atoms with Crippen molar-refractivity contribution in [3.05, 3.63) is 0 Å². The number of nitrogens with one attached hydrogen (secondary N) is 1. The lowest BCUT2D eigenvalue weighted by molar-refractivity contribution is -0.128. The second-order valence-corrected chi connectivity index (χ2v) is 7.37. The van der Waals surface area contributed by atoms with Crippen LogP contribution in [0.4, 0.5) is 0 Å². The molecule has 1 saturated carbocycles. The molecular weight excluding hydrogens is 248 g/mol. The van der Waals surface area contributed by atoms with Gasteiger partial charge in [0.25, 0.3) is 0 Å². The average molecular weight is 280 g/mol. The van der Waals surface area contributed by atoms with E-state index in [1.807, 2.05) is 4.90 Å². The number of hydrogen-bond acceptors (Lipinski definition) is 2. The first-order chi connectivity index (χ1) is 9.54. The normalized spacial score (nSPS) is 29.2. The number of nitrogens with zero attached hydrogens (tertiary/aromatic N) is 1. The number of rotatable bonds is 6. The molecule has 0 aromatic rings. The minimum absolute atomic E-state index is 0.347. The van der Waals surface area contributed by atoms with Crippen molar-refractivity contribution >= 4 is 5.91 Å². The van der Waals surface area contributed by atoms with Gasteiger partial charge in [0.05, 0.1) is 0 Å². The zero-order valence-corrected chi connectivity index (χ0v) is 13.5. The Bertz CT molecular complexity index is 316. The Kier molecular flexibility index (Phi) is 5.88. The Balaban J connectivity index is 1.72. The molecule has 116 valence electrons. The van der Waals surface area contributed by atoms with E-state index in [1.54, 1.807) is 0 Å². The van der Waals surface area contributed by atoms with Crippen LogP contribution in [-0.2, 0) is 4.79 Å². The Hall–Kier alpha value is -0.570. The van der Waals surface area contributed by atoms with Crippen LogP contribution in [0.3, 0.4) is 0 Å². The molecule has 2 fully saturated rings. The molecule has 1 amide bonds. The first-order valence-electron chi connectivity index (χ1n) is 8.58. The van der Waals surface area contributed by atoms with Gasteiger partial charge in [-0.15, -0.1) is 0 Å². The van der Waals surface area contributed by atoms with Crippen LogP contribution in [0.5, 0.6) is 0 Å². The molecule has 3 atom stereocenters. The molecule has 1 aliphatic heterocycles. The number of amides is 1. The highest BCUT2D eigenvalue weighted by Gasteiger charge is 2.26. The summed E-state index contributed by atoms with van der Waals surface area (Å²) in [4.78, 5) is 13.7. The zero-order chi connectivity index (χ0) is 14.5. The lowest BCUT2D eigenvalue weighted by atomic mass is 9.81. The van der Waals surface area contributed by atoms with Crippen LogP contribution in [0.25, 0.3) is 0 Å². The van der Waals surface area contributed by atoms with E-state index in [9.17, 15) is 4.79 Å². The highest BCUT2D eigenvalue weighted by Crippen LogP contribution is 2.29. The monoisotopic (exact) mass is 280 g/mol. The summed E-state index contributed by atoms with van der Waals surface area (Å²) < 4.78 is 0. The van der Waals surface area contributed by atoms with Gasteiger partial charge >= 0.3 is 0 Å². The third kappa shape index (κ3) is 4.76. The number of carbonyl (C=O) groups excluding carboxylic acids is 1. The lowest BCUT2D eigenvalue weighted by Gasteiger charge is -2.33. The van der Waals surface area contributed by atoms with Crippen molar-refractivity contribution in [2.24, 2.45) is 11.8 Å². The van der Waals surface area contributed by atoms with E-state index in [-0.39, 0.29) is 0 Å². The smallest absolute Gasteiger partial charge is 0.222 e. The molecule has 3 unspecified atom stereocenters. The number of carbonyl (C=O) groups is 1. The van der Waals surface area contributed by atoms with Crippen molar-refractivity contribution in [2.75, 3.05) is 13.1 Å². The summed E-state index contributed by atoms with van der Waals surface area (Å²) in [6.45, 7) is 8.75. The molecule has 20 heavy (non-hydrogen) atoms. The summed E-state index contributed by atoms with van der Waals surface area (Å²) in [7, 11) is 0. The van der Waals surface area contributed by atoms with Gasteiger partial charge in [-0.1, -0.05) is 26.7 Å². The van der Waals surface area contributed by atoms with Gasteiger partial charge in [-0.3, -0.25) is 4.79 Å². The third-order valence-corrected chi connectivity index (χ3v) is 4.77. The average Bonchev–Trinajstić information content (AvgIpc) is 2.74. The lowest BCUT2D eigenvalue weighted by Crippen LogP contribution is -2.46. The minimum atomic E-state index is 0.347. The summed E-state index contributed by atoms with van der Waals surface area (Å²) in [5.41, 5.74) is 0. The maximum absolute atomic E-state index is 11.7. The SMILES string of the molecule is CC(C)CC1CCCC(NC(C)CN2CCCC2=O)C1. The summed E-state index contributed by atoms with van der Waals surface area (Å²) in [5, 5.41) is 3.78. The van der Waals surface area contributed by atoms with Gasteiger partial charge in [0, 0.05) is 31.6 Å². The molecule has 1 saturated heterocycles. The van der Waals surface area contributed by atoms with Crippen LogP contribution in [0.2, 0.25) is 0 Å². The molecule has 2 aliphatic rings. The van der Waals surface area contributed by atoms with Gasteiger partial charge in [-0.05, 0) is 44.4 Å². The van der Waals surface area contributed by atoms with Gasteiger partial charge in [0.2, 0.25) is 5.91 Å². The molecular formula is C17H32N2O. The first kappa shape index (κ1) is 15.8. The van der Waals surface area contributed by atoms with Gasteiger partial charge in [0.15, 0.2) is 0 Å². The molecule has 1 aliphatic carbocycles. The molecule has 3 nitrogen and oxygen atoms in total. The largest absolute Gasteiger partial charge is 0.341 e. The molecule has 0 aromatic carbocycles. The molecule has 0 radical (unpaired) electrons. The molecule has 2 rings (SSSR count). The van der Waals surface area contributed by atoms with Gasteiger partial charge < -0.3 is 10.2 Å². The zero-order valence-electron chi connectivity index (χ0n) is 13.5. The molecule has 1 N–H and O–H groups in total. The van der Waals surface area contributed by atoms with E-state index in [1.165, 1.54) is 32.1 Å². The van der Waals surface area contributed by atoms with Gasteiger partial charge in [-0.25, -0.2) is 0 Å². The fourth-order valence-electron chi connectivity index (χ4n) is 4.01. The minimum Gasteiger partial charge on any atom is -0.341 e. The van der Waals surface area contributed by atoms with Crippen molar-refractivity contribution < 1.29 is 4.79 Å². The van der Waals surface area contributed by atoms with Gasteiger partial charge in [-0.2, -0.15) is 0 Å². The van der Waals surface area contributed by atoms with Crippen LogP contribution < -0.4 is 5.32 Å². The van der Waals surface area contributed by atoms with E-state index < -0.39 is 0 Å². The van der Waals surface area contributed by atoms with E-state index in [0.29, 0.717) is 18.0 Å². The Labute approximate surface area is 124 Å². The third-order valence-electron chi connectivity index (χ3n) is 4.77. The van der Waals surface area contributed by atoms with Crippen molar-refractivity contribution in [3.63, 3.8) is 0 Å². The maximum Gasteiger partial charge on any atom is 0.222 e. The summed E-state index contributed by atoms with van der Waals surface area (Å²) in [5.74, 6) is 2.07. The van der Waals surface area contributed by atoms with Gasteiger partial charge in [0.1, 0.15) is 0 Å². The van der Waals surface area contributed by atoms with Crippen molar-refractivity contribution in [3.8, 4) is 0 Å². The van der Waals surface area contributed by atoms with Crippen LogP contribution >= 0.6 is 0 Å². The summed E-state index contributed by atoms with van der Waals surface area (Å²) >= 11 is 0. The predicted octanol–water partition coefficient (Wildman–Crippen LogP) is 3.19. The van der Waals surface area contributed by atoms with Crippen LogP contribution in [-0.4, -0.2) is 36.0 Å². The Morgan fingerprint density at radius 2 is 2.05 bits per heavy atom. The van der Waals surface area contributed by atoms with Crippen molar-refractivity contribution in [2.45, 2.75) is 77.8 Å². The number of likely N-dealkylation sites (tertiary alicyclic amines) is 1. The maximum atomic E-state index is 11.7. The number of hydrogen-bond donors (Lipinski definition) is 1. The molecule has 0 aromatic heterocycles. The summed E-state index contributed by atoms with van der Waals surface area (Å²) in [6.07, 6.45) is 8.60. The van der Waals surface area contributed by atoms with E-state index in [0.717, 1.165) is 37.8 Å². The van der Waals surface area contributed by atoms with Crippen LogP contribution in [0.1, 0.15) is 65.7 Å². The second-order valence-electron chi connectivity index (χ2n) is 7.37. The topological polar surface area (TPSA) is 32.3 Å². The fraction of sp³-hybridized carbons (Fsp3) is 0.941. The van der Waals surface area contributed by atoms with Crippen LogP contribution in [0, 0.1) is 11.8 Å².